The molecule has 0 aliphatic heterocycles. The predicted octanol–water partition coefficient (Wildman–Crippen LogP) is 7.32. The lowest BCUT2D eigenvalue weighted by atomic mass is 9.80. The SMILES string of the molecule is OB(O)c1ccc(N(c2ccc(-c3ccc4ccccc4c3)cc2)c2cccc(-c3ccccc3)c2)cc1. The number of hydrogen-bond donors (Lipinski definition) is 2. The highest BCUT2D eigenvalue weighted by atomic mass is 16.4. The second-order valence-electron chi connectivity index (χ2n) is 9.33. The van der Waals surface area contributed by atoms with Gasteiger partial charge in [-0.2, -0.15) is 0 Å². The van der Waals surface area contributed by atoms with Crippen LogP contribution in [0.1, 0.15) is 0 Å². The molecule has 0 amide bonds. The smallest absolute Gasteiger partial charge is 0.423 e. The van der Waals surface area contributed by atoms with E-state index in [1.165, 1.54) is 16.3 Å². The minimum absolute atomic E-state index is 0.457. The van der Waals surface area contributed by atoms with E-state index in [9.17, 15) is 10.0 Å². The van der Waals surface area contributed by atoms with E-state index in [0.29, 0.717) is 5.46 Å². The maximum absolute atomic E-state index is 9.60. The first-order valence-corrected chi connectivity index (χ1v) is 12.7. The van der Waals surface area contributed by atoms with Crippen LogP contribution in [0.3, 0.4) is 0 Å². The summed E-state index contributed by atoms with van der Waals surface area (Å²) in [4.78, 5) is 2.18. The summed E-state index contributed by atoms with van der Waals surface area (Å²) in [6, 6.07) is 49.7. The Balaban J connectivity index is 1.41. The molecule has 6 aromatic rings. The Morgan fingerprint density at radius 3 is 1.66 bits per heavy atom. The van der Waals surface area contributed by atoms with Crippen LogP contribution in [-0.4, -0.2) is 17.2 Å². The molecule has 0 fully saturated rings. The van der Waals surface area contributed by atoms with Crippen molar-refractivity contribution in [3.05, 3.63) is 146 Å². The van der Waals surface area contributed by atoms with Crippen molar-refractivity contribution >= 4 is 40.4 Å². The Labute approximate surface area is 223 Å². The molecule has 0 bridgehead atoms. The molecule has 2 N–H and O–H groups in total. The fraction of sp³-hybridized carbons (Fsp3) is 0. The van der Waals surface area contributed by atoms with Gasteiger partial charge in [0.25, 0.3) is 0 Å². The molecule has 182 valence electrons. The van der Waals surface area contributed by atoms with Crippen LogP contribution in [0.25, 0.3) is 33.0 Å². The Hall–Kier alpha value is -4.64. The van der Waals surface area contributed by atoms with Crippen LogP contribution < -0.4 is 10.4 Å². The molecule has 6 rings (SSSR count). The minimum atomic E-state index is -1.50. The quantitative estimate of drug-likeness (QED) is 0.240. The van der Waals surface area contributed by atoms with Gasteiger partial charge in [-0.3, -0.25) is 0 Å². The summed E-state index contributed by atoms with van der Waals surface area (Å²) in [6.45, 7) is 0. The van der Waals surface area contributed by atoms with Crippen LogP contribution in [0.2, 0.25) is 0 Å². The van der Waals surface area contributed by atoms with Crippen molar-refractivity contribution in [2.45, 2.75) is 0 Å². The van der Waals surface area contributed by atoms with E-state index >= 15 is 0 Å². The first kappa shape index (κ1) is 23.7. The number of anilines is 3. The number of benzene rings is 6. The molecule has 0 radical (unpaired) electrons. The second kappa shape index (κ2) is 10.4. The van der Waals surface area contributed by atoms with Gasteiger partial charge in [0.05, 0.1) is 0 Å². The maximum atomic E-state index is 9.60. The molecule has 4 heteroatoms. The lowest BCUT2D eigenvalue weighted by Gasteiger charge is -2.26. The van der Waals surface area contributed by atoms with Crippen molar-refractivity contribution in [1.82, 2.24) is 0 Å². The van der Waals surface area contributed by atoms with Gasteiger partial charge in [0, 0.05) is 17.1 Å². The molecule has 0 spiro atoms. The molecule has 0 saturated heterocycles. The van der Waals surface area contributed by atoms with Crippen LogP contribution in [0.5, 0.6) is 0 Å². The Bertz CT molecular complexity index is 1680. The molecule has 0 aliphatic carbocycles. The summed E-state index contributed by atoms with van der Waals surface area (Å²) in [5, 5.41) is 21.6. The highest BCUT2D eigenvalue weighted by Crippen LogP contribution is 2.37. The Morgan fingerprint density at radius 2 is 0.947 bits per heavy atom. The number of hydrogen-bond acceptors (Lipinski definition) is 3. The summed E-state index contributed by atoms with van der Waals surface area (Å²) < 4.78 is 0. The van der Waals surface area contributed by atoms with Crippen LogP contribution in [0.4, 0.5) is 17.1 Å². The van der Waals surface area contributed by atoms with E-state index in [4.69, 9.17) is 0 Å². The lowest BCUT2D eigenvalue weighted by Crippen LogP contribution is -2.29. The summed E-state index contributed by atoms with van der Waals surface area (Å²) in [5.74, 6) is 0. The molecule has 0 saturated carbocycles. The molecule has 0 unspecified atom stereocenters. The standard InChI is InChI=1S/C34H26BNO2/c37-35(38)31-17-21-33(22-18-31)36(34-12-6-11-29(24-34)25-7-2-1-3-8-25)32-19-15-27(16-20-32)30-14-13-26-9-4-5-10-28(26)23-30/h1-24,37-38H. The molecule has 6 aromatic carbocycles. The molecular formula is C34H26BNO2. The highest BCUT2D eigenvalue weighted by molar-refractivity contribution is 6.58. The third-order valence-electron chi connectivity index (χ3n) is 6.87. The third kappa shape index (κ3) is 4.83. The summed E-state index contributed by atoms with van der Waals surface area (Å²) >= 11 is 0. The number of rotatable bonds is 6. The molecular weight excluding hydrogens is 465 g/mol. The first-order chi connectivity index (χ1) is 18.7. The topological polar surface area (TPSA) is 43.7 Å². The van der Waals surface area contributed by atoms with Gasteiger partial charge < -0.3 is 14.9 Å². The average molecular weight is 491 g/mol. The Morgan fingerprint density at radius 1 is 0.395 bits per heavy atom. The van der Waals surface area contributed by atoms with Crippen molar-refractivity contribution in [1.29, 1.82) is 0 Å². The van der Waals surface area contributed by atoms with Gasteiger partial charge in [0.15, 0.2) is 0 Å². The maximum Gasteiger partial charge on any atom is 0.488 e. The lowest BCUT2D eigenvalue weighted by molar-refractivity contribution is 0.426. The zero-order chi connectivity index (χ0) is 25.9. The number of fused-ring (bicyclic) bond motifs is 1. The fourth-order valence-corrected chi connectivity index (χ4v) is 4.87. The van der Waals surface area contributed by atoms with Gasteiger partial charge in [-0.25, -0.2) is 0 Å². The van der Waals surface area contributed by atoms with Crippen LogP contribution >= 0.6 is 0 Å². The average Bonchev–Trinajstić information content (AvgIpc) is 2.98. The van der Waals surface area contributed by atoms with E-state index in [-0.39, 0.29) is 0 Å². The van der Waals surface area contributed by atoms with Crippen molar-refractivity contribution in [3.63, 3.8) is 0 Å². The summed E-state index contributed by atoms with van der Waals surface area (Å²) in [7, 11) is -1.50. The van der Waals surface area contributed by atoms with Crippen LogP contribution in [-0.2, 0) is 0 Å². The largest absolute Gasteiger partial charge is 0.488 e. The zero-order valence-corrected chi connectivity index (χ0v) is 20.8. The number of nitrogens with zero attached hydrogens (tertiary/aromatic N) is 1. The van der Waals surface area contributed by atoms with Gasteiger partial charge in [-0.15, -0.1) is 0 Å². The molecule has 3 nitrogen and oxygen atoms in total. The first-order valence-electron chi connectivity index (χ1n) is 12.7. The zero-order valence-electron chi connectivity index (χ0n) is 20.8. The van der Waals surface area contributed by atoms with E-state index in [0.717, 1.165) is 33.8 Å². The van der Waals surface area contributed by atoms with Crippen molar-refractivity contribution in [2.75, 3.05) is 4.90 Å². The van der Waals surface area contributed by atoms with Gasteiger partial charge in [-0.1, -0.05) is 103 Å². The van der Waals surface area contributed by atoms with Crippen molar-refractivity contribution in [3.8, 4) is 22.3 Å². The molecule has 0 heterocycles. The third-order valence-corrected chi connectivity index (χ3v) is 6.87. The van der Waals surface area contributed by atoms with Crippen LogP contribution in [0.15, 0.2) is 146 Å². The van der Waals surface area contributed by atoms with E-state index in [2.05, 4.69) is 108 Å². The van der Waals surface area contributed by atoms with Gasteiger partial charge >= 0.3 is 7.12 Å². The summed E-state index contributed by atoms with van der Waals surface area (Å²) in [5.41, 5.74) is 8.02. The summed E-state index contributed by atoms with van der Waals surface area (Å²) in [6.07, 6.45) is 0. The Kier molecular flexibility index (Phi) is 6.49. The minimum Gasteiger partial charge on any atom is -0.423 e. The highest BCUT2D eigenvalue weighted by Gasteiger charge is 2.16. The van der Waals surface area contributed by atoms with Crippen LogP contribution in [0, 0.1) is 0 Å². The van der Waals surface area contributed by atoms with Gasteiger partial charge in [0.1, 0.15) is 0 Å². The van der Waals surface area contributed by atoms with Crippen molar-refractivity contribution < 1.29 is 10.0 Å². The molecule has 0 atom stereocenters. The normalized spacial score (nSPS) is 10.9. The van der Waals surface area contributed by atoms with E-state index < -0.39 is 7.12 Å². The predicted molar refractivity (Wildman–Crippen MR) is 159 cm³/mol. The van der Waals surface area contributed by atoms with E-state index in [1.54, 1.807) is 12.1 Å². The van der Waals surface area contributed by atoms with Crippen molar-refractivity contribution in [2.24, 2.45) is 0 Å². The fourth-order valence-electron chi connectivity index (χ4n) is 4.87. The molecule has 38 heavy (non-hydrogen) atoms. The van der Waals surface area contributed by atoms with Gasteiger partial charge in [-0.05, 0) is 81.0 Å². The van der Waals surface area contributed by atoms with Gasteiger partial charge in [0.2, 0.25) is 0 Å². The second-order valence-corrected chi connectivity index (χ2v) is 9.33. The molecule has 0 aromatic heterocycles. The monoisotopic (exact) mass is 491 g/mol. The molecule has 0 aliphatic rings. The van der Waals surface area contributed by atoms with E-state index in [1.807, 2.05) is 30.3 Å².